The predicted molar refractivity (Wildman–Crippen MR) is 68.8 cm³/mol. The molecule has 1 aromatic heterocycles. The van der Waals surface area contributed by atoms with Gasteiger partial charge in [0.25, 0.3) is 0 Å². The topological polar surface area (TPSA) is 124 Å². The summed E-state index contributed by atoms with van der Waals surface area (Å²) in [5, 5.41) is 25.0. The van der Waals surface area contributed by atoms with Crippen LogP contribution in [-0.4, -0.2) is 57.8 Å². The van der Waals surface area contributed by atoms with Crippen LogP contribution in [0.25, 0.3) is 0 Å². The molecule has 0 spiro atoms. The Balaban J connectivity index is 2.35. The van der Waals surface area contributed by atoms with E-state index in [1.54, 1.807) is 13.8 Å². The Labute approximate surface area is 116 Å². The number of sulfonamides is 1. The maximum absolute atomic E-state index is 12.4. The van der Waals surface area contributed by atoms with Crippen molar-refractivity contribution < 1.29 is 23.4 Å². The highest BCUT2D eigenvalue weighted by Crippen LogP contribution is 2.34. The van der Waals surface area contributed by atoms with E-state index in [9.17, 15) is 18.3 Å². The number of H-pyrrole nitrogens is 1. The van der Waals surface area contributed by atoms with Gasteiger partial charge < -0.3 is 10.2 Å². The van der Waals surface area contributed by atoms with Crippen molar-refractivity contribution in [2.24, 2.45) is 5.92 Å². The van der Waals surface area contributed by atoms with E-state index >= 15 is 0 Å². The van der Waals surface area contributed by atoms with Crippen molar-refractivity contribution in [2.45, 2.75) is 31.3 Å². The summed E-state index contributed by atoms with van der Waals surface area (Å²) in [6, 6.07) is 0. The molecule has 2 rings (SSSR count). The van der Waals surface area contributed by atoms with Gasteiger partial charge in [-0.05, 0) is 12.8 Å². The standard InChI is InChI=1S/C11H17N3O5S/c1-6(2)11(17)4-14(5-11)20(18,19)9-7(3)12-13-8(9)10(15)16/h6,17H,4-5H2,1-3H3,(H,12,13)(H,15,16). The lowest BCUT2D eigenvalue weighted by molar-refractivity contribution is -0.0932. The number of carboxylic acids is 1. The van der Waals surface area contributed by atoms with Crippen LogP contribution in [0.3, 0.4) is 0 Å². The van der Waals surface area contributed by atoms with Crippen LogP contribution in [0.1, 0.15) is 30.0 Å². The van der Waals surface area contributed by atoms with Crippen LogP contribution < -0.4 is 0 Å². The molecule has 0 aliphatic carbocycles. The molecule has 20 heavy (non-hydrogen) atoms. The zero-order valence-corrected chi connectivity index (χ0v) is 12.2. The van der Waals surface area contributed by atoms with Crippen LogP contribution >= 0.6 is 0 Å². The van der Waals surface area contributed by atoms with Crippen LogP contribution in [0.4, 0.5) is 0 Å². The quantitative estimate of drug-likeness (QED) is 0.708. The molecule has 1 saturated heterocycles. The molecule has 0 radical (unpaired) electrons. The smallest absolute Gasteiger partial charge is 0.357 e. The molecule has 0 aromatic carbocycles. The van der Waals surface area contributed by atoms with E-state index < -0.39 is 27.3 Å². The number of nitrogens with one attached hydrogen (secondary N) is 1. The molecule has 9 heteroatoms. The van der Waals surface area contributed by atoms with E-state index in [4.69, 9.17) is 5.11 Å². The first kappa shape index (κ1) is 14.9. The fourth-order valence-corrected chi connectivity index (χ4v) is 3.96. The Hall–Kier alpha value is -1.45. The van der Waals surface area contributed by atoms with Gasteiger partial charge in [0, 0.05) is 13.1 Å². The minimum absolute atomic E-state index is 0.0450. The molecular weight excluding hydrogens is 286 g/mol. The Bertz CT molecular complexity index is 643. The molecule has 1 aromatic rings. The van der Waals surface area contributed by atoms with Gasteiger partial charge in [0.15, 0.2) is 5.69 Å². The molecule has 2 heterocycles. The Kier molecular flexibility index (Phi) is 3.39. The van der Waals surface area contributed by atoms with Gasteiger partial charge in [-0.15, -0.1) is 0 Å². The number of β-amino-alcohol motifs (C(OH)–C–C–N with tert-alkyl or cyclic N) is 1. The average molecular weight is 303 g/mol. The average Bonchev–Trinajstić information content (AvgIpc) is 2.67. The number of aromatic nitrogens is 2. The molecule has 0 unspecified atom stereocenters. The van der Waals surface area contributed by atoms with Crippen molar-refractivity contribution in [3.63, 3.8) is 0 Å². The van der Waals surface area contributed by atoms with Gasteiger partial charge in [0.1, 0.15) is 4.90 Å². The van der Waals surface area contributed by atoms with E-state index in [1.165, 1.54) is 6.92 Å². The maximum atomic E-state index is 12.4. The molecule has 0 atom stereocenters. The number of hydrogen-bond acceptors (Lipinski definition) is 5. The van der Waals surface area contributed by atoms with Gasteiger partial charge in [0.05, 0.1) is 11.3 Å². The molecule has 0 bridgehead atoms. The number of rotatable bonds is 4. The number of aryl methyl sites for hydroxylation is 1. The normalized spacial score (nSPS) is 19.1. The first-order chi connectivity index (χ1) is 9.09. The molecule has 1 fully saturated rings. The molecular formula is C11H17N3O5S. The summed E-state index contributed by atoms with van der Waals surface area (Å²) in [4.78, 5) is 10.7. The number of hydrogen-bond donors (Lipinski definition) is 3. The largest absolute Gasteiger partial charge is 0.476 e. The van der Waals surface area contributed by atoms with Crippen LogP contribution in [0.5, 0.6) is 0 Å². The van der Waals surface area contributed by atoms with Gasteiger partial charge in [-0.2, -0.15) is 9.40 Å². The fraction of sp³-hybridized carbons (Fsp3) is 0.636. The number of carbonyl (C=O) groups is 1. The summed E-state index contributed by atoms with van der Waals surface area (Å²) in [6.07, 6.45) is 0. The third kappa shape index (κ3) is 2.11. The number of aliphatic hydroxyl groups is 1. The number of aromatic carboxylic acids is 1. The predicted octanol–water partition coefficient (Wildman–Crippen LogP) is -0.192. The van der Waals surface area contributed by atoms with Crippen molar-refractivity contribution >= 4 is 16.0 Å². The van der Waals surface area contributed by atoms with Gasteiger partial charge in [-0.1, -0.05) is 13.8 Å². The Morgan fingerprint density at radius 3 is 2.45 bits per heavy atom. The third-order valence-electron chi connectivity index (χ3n) is 3.67. The summed E-state index contributed by atoms with van der Waals surface area (Å²) < 4.78 is 25.9. The van der Waals surface area contributed by atoms with Crippen molar-refractivity contribution in [1.82, 2.24) is 14.5 Å². The summed E-state index contributed by atoms with van der Waals surface area (Å²) in [6.45, 7) is 4.96. The Morgan fingerprint density at radius 2 is 2.00 bits per heavy atom. The van der Waals surface area contributed by atoms with E-state index in [0.29, 0.717) is 0 Å². The van der Waals surface area contributed by atoms with Crippen molar-refractivity contribution in [1.29, 1.82) is 0 Å². The molecule has 3 N–H and O–H groups in total. The SMILES string of the molecule is Cc1[nH]nc(C(=O)O)c1S(=O)(=O)N1CC(O)(C(C)C)C1. The van der Waals surface area contributed by atoms with Crippen molar-refractivity contribution in [3.05, 3.63) is 11.4 Å². The van der Waals surface area contributed by atoms with Gasteiger partial charge >= 0.3 is 5.97 Å². The highest BCUT2D eigenvalue weighted by Gasteiger charge is 2.50. The van der Waals surface area contributed by atoms with Crippen molar-refractivity contribution in [2.75, 3.05) is 13.1 Å². The zero-order valence-electron chi connectivity index (χ0n) is 11.4. The van der Waals surface area contributed by atoms with Gasteiger partial charge in [0.2, 0.25) is 10.0 Å². The lowest BCUT2D eigenvalue weighted by Crippen LogP contribution is -2.65. The molecule has 0 amide bonds. The van der Waals surface area contributed by atoms with Crippen LogP contribution in [0.15, 0.2) is 4.90 Å². The van der Waals surface area contributed by atoms with Gasteiger partial charge in [-0.25, -0.2) is 13.2 Å². The van der Waals surface area contributed by atoms with Crippen LogP contribution in [0, 0.1) is 12.8 Å². The van der Waals surface area contributed by atoms with E-state index in [-0.39, 0.29) is 29.6 Å². The summed E-state index contributed by atoms with van der Waals surface area (Å²) in [5.41, 5.74) is -1.42. The number of aromatic amines is 1. The van der Waals surface area contributed by atoms with E-state index in [2.05, 4.69) is 10.2 Å². The summed E-state index contributed by atoms with van der Waals surface area (Å²) >= 11 is 0. The molecule has 0 saturated carbocycles. The van der Waals surface area contributed by atoms with Crippen LogP contribution in [0.2, 0.25) is 0 Å². The first-order valence-corrected chi connectivity index (χ1v) is 7.54. The molecule has 1 aliphatic rings. The fourth-order valence-electron chi connectivity index (χ4n) is 2.11. The van der Waals surface area contributed by atoms with E-state index in [1.807, 2.05) is 0 Å². The second kappa shape index (κ2) is 4.54. The lowest BCUT2D eigenvalue weighted by atomic mass is 9.85. The summed E-state index contributed by atoms with van der Waals surface area (Å²) in [5.74, 6) is -1.49. The van der Waals surface area contributed by atoms with E-state index in [0.717, 1.165) is 4.31 Å². The zero-order chi connectivity index (χ0) is 15.3. The Morgan fingerprint density at radius 1 is 1.45 bits per heavy atom. The molecule has 1 aliphatic heterocycles. The second-order valence-electron chi connectivity index (χ2n) is 5.36. The minimum atomic E-state index is -3.97. The lowest BCUT2D eigenvalue weighted by Gasteiger charge is -2.47. The van der Waals surface area contributed by atoms with Gasteiger partial charge in [-0.3, -0.25) is 5.10 Å². The minimum Gasteiger partial charge on any atom is -0.476 e. The van der Waals surface area contributed by atoms with Crippen molar-refractivity contribution in [3.8, 4) is 0 Å². The number of carboxylic acid groups (broad SMARTS) is 1. The number of nitrogens with zero attached hydrogens (tertiary/aromatic N) is 2. The first-order valence-electron chi connectivity index (χ1n) is 6.10. The third-order valence-corrected chi connectivity index (χ3v) is 5.62. The molecule has 112 valence electrons. The highest BCUT2D eigenvalue weighted by atomic mass is 32.2. The second-order valence-corrected chi connectivity index (χ2v) is 7.24. The maximum Gasteiger partial charge on any atom is 0.357 e. The van der Waals surface area contributed by atoms with Crippen LogP contribution in [-0.2, 0) is 10.0 Å². The highest BCUT2D eigenvalue weighted by molar-refractivity contribution is 7.89. The monoisotopic (exact) mass is 303 g/mol. The molecule has 8 nitrogen and oxygen atoms in total. The summed E-state index contributed by atoms with van der Waals surface area (Å²) in [7, 11) is -3.97.